The van der Waals surface area contributed by atoms with Crippen molar-refractivity contribution >= 4 is 45.5 Å². The van der Waals surface area contributed by atoms with Crippen molar-refractivity contribution in [3.05, 3.63) is 102 Å². The number of aromatic hydroxyl groups is 1. The zero-order chi connectivity index (χ0) is 33.8. The van der Waals surface area contributed by atoms with E-state index in [0.717, 1.165) is 32.9 Å². The van der Waals surface area contributed by atoms with Crippen LogP contribution in [-0.4, -0.2) is 79.5 Å². The van der Waals surface area contributed by atoms with Crippen LogP contribution >= 0.6 is 0 Å². The molecule has 0 radical (unpaired) electrons. The SMILES string of the molecule is NC(Cc1c[nH]c2ccccc12)C(=O)NC(Cc1ccc(O)cc1)C(=O)N1CCCC1C(=O)NC(Cc1c[nH]c2ccccc12)C(=O)O. The summed E-state index contributed by atoms with van der Waals surface area (Å²) in [5.41, 5.74) is 10.4. The number of likely N-dealkylation sites (tertiary alicyclic amines) is 1. The van der Waals surface area contributed by atoms with Gasteiger partial charge in [0.1, 0.15) is 23.9 Å². The number of nitrogens with zero attached hydrogens (tertiary/aromatic N) is 1. The molecule has 48 heavy (non-hydrogen) atoms. The number of aliphatic carboxylic acids is 1. The molecule has 1 saturated heterocycles. The Kier molecular flexibility index (Phi) is 9.44. The third kappa shape index (κ3) is 7.03. The van der Waals surface area contributed by atoms with E-state index >= 15 is 0 Å². The Morgan fingerprint density at radius 2 is 1.42 bits per heavy atom. The minimum Gasteiger partial charge on any atom is -0.508 e. The van der Waals surface area contributed by atoms with Gasteiger partial charge in [-0.15, -0.1) is 0 Å². The number of para-hydroxylation sites is 2. The first kappa shape index (κ1) is 32.3. The molecular weight excluding hydrogens is 612 g/mol. The summed E-state index contributed by atoms with van der Waals surface area (Å²) in [5.74, 6) is -2.70. The third-order valence-corrected chi connectivity index (χ3v) is 8.99. The molecule has 2 aromatic heterocycles. The maximum absolute atomic E-state index is 14.1. The van der Waals surface area contributed by atoms with Gasteiger partial charge in [-0.25, -0.2) is 4.79 Å². The largest absolute Gasteiger partial charge is 0.508 e. The lowest BCUT2D eigenvalue weighted by atomic mass is 10.0. The van der Waals surface area contributed by atoms with Gasteiger partial charge < -0.3 is 41.4 Å². The Balaban J connectivity index is 1.17. The number of H-pyrrole nitrogens is 2. The standard InChI is InChI=1S/C36H38N6O6/c37-27(17-22-19-38-28-8-3-1-6-25(22)28)33(44)40-30(16-21-11-13-24(43)14-12-21)35(46)42-15-5-10-32(42)34(45)41-31(36(47)48)18-23-20-39-29-9-4-2-7-26(23)29/h1-4,6-9,11-14,19-20,27,30-32,38-39,43H,5,10,15-18,37H2,(H,40,44)(H,41,45)(H,47,48). The topological polar surface area (TPSA) is 194 Å². The second kappa shape index (κ2) is 14.0. The molecule has 3 aromatic carbocycles. The van der Waals surface area contributed by atoms with E-state index in [1.54, 1.807) is 18.3 Å². The van der Waals surface area contributed by atoms with Crippen LogP contribution in [0.4, 0.5) is 0 Å². The normalized spacial score (nSPS) is 16.4. The Morgan fingerprint density at radius 1 is 0.812 bits per heavy atom. The van der Waals surface area contributed by atoms with Crippen LogP contribution in [0, 0.1) is 0 Å². The van der Waals surface area contributed by atoms with Crippen molar-refractivity contribution in [2.24, 2.45) is 5.73 Å². The molecule has 5 aromatic rings. The highest BCUT2D eigenvalue weighted by Crippen LogP contribution is 2.23. The molecule has 12 nitrogen and oxygen atoms in total. The number of nitrogens with two attached hydrogens (primary N) is 1. The number of fused-ring (bicyclic) bond motifs is 2. The highest BCUT2D eigenvalue weighted by Gasteiger charge is 2.39. The number of aromatic nitrogens is 2. The Hall–Kier alpha value is -5.62. The van der Waals surface area contributed by atoms with E-state index < -0.39 is 47.9 Å². The van der Waals surface area contributed by atoms with E-state index in [1.165, 1.54) is 17.0 Å². The van der Waals surface area contributed by atoms with Gasteiger partial charge in [0.25, 0.3) is 0 Å². The smallest absolute Gasteiger partial charge is 0.326 e. The van der Waals surface area contributed by atoms with Gasteiger partial charge in [-0.1, -0.05) is 48.5 Å². The van der Waals surface area contributed by atoms with Crippen LogP contribution in [0.5, 0.6) is 5.75 Å². The monoisotopic (exact) mass is 650 g/mol. The van der Waals surface area contributed by atoms with Crippen molar-refractivity contribution in [1.29, 1.82) is 0 Å². The molecular formula is C36H38N6O6. The third-order valence-electron chi connectivity index (χ3n) is 8.99. The first-order valence-electron chi connectivity index (χ1n) is 16.0. The summed E-state index contributed by atoms with van der Waals surface area (Å²) in [6.07, 6.45) is 4.80. The number of carbonyl (C=O) groups excluding carboxylic acids is 3. The van der Waals surface area contributed by atoms with Crippen molar-refractivity contribution in [1.82, 2.24) is 25.5 Å². The summed E-state index contributed by atoms with van der Waals surface area (Å²) in [6.45, 7) is 0.264. The van der Waals surface area contributed by atoms with Crippen LogP contribution in [0.2, 0.25) is 0 Å². The second-order valence-electron chi connectivity index (χ2n) is 12.3. The number of benzene rings is 3. The maximum Gasteiger partial charge on any atom is 0.326 e. The van der Waals surface area contributed by atoms with Gasteiger partial charge in [-0.2, -0.15) is 0 Å². The lowest BCUT2D eigenvalue weighted by Gasteiger charge is -2.30. The summed E-state index contributed by atoms with van der Waals surface area (Å²) in [5, 5.41) is 27.1. The predicted molar refractivity (Wildman–Crippen MR) is 180 cm³/mol. The number of carboxylic acid groups (broad SMARTS) is 1. The minimum atomic E-state index is -1.22. The van der Waals surface area contributed by atoms with Crippen LogP contribution in [0.1, 0.15) is 29.5 Å². The van der Waals surface area contributed by atoms with E-state index in [0.29, 0.717) is 18.4 Å². The number of carboxylic acids is 1. The van der Waals surface area contributed by atoms with Gasteiger partial charge in [0.05, 0.1) is 6.04 Å². The van der Waals surface area contributed by atoms with Gasteiger partial charge in [-0.3, -0.25) is 14.4 Å². The number of phenolic OH excluding ortho intramolecular Hbond substituents is 1. The Morgan fingerprint density at radius 3 is 2.04 bits per heavy atom. The van der Waals surface area contributed by atoms with Crippen LogP contribution in [0.15, 0.2) is 85.2 Å². The molecule has 248 valence electrons. The molecule has 12 heteroatoms. The number of aromatic amines is 2. The molecule has 4 atom stereocenters. The zero-order valence-corrected chi connectivity index (χ0v) is 26.2. The van der Waals surface area contributed by atoms with E-state index in [-0.39, 0.29) is 31.6 Å². The number of phenols is 1. The molecule has 1 aliphatic rings. The molecule has 1 aliphatic heterocycles. The number of hydrogen-bond donors (Lipinski definition) is 7. The average molecular weight is 651 g/mol. The number of nitrogens with one attached hydrogen (secondary N) is 4. The molecule has 3 heterocycles. The zero-order valence-electron chi connectivity index (χ0n) is 26.2. The molecule has 0 bridgehead atoms. The molecule has 0 aliphatic carbocycles. The van der Waals surface area contributed by atoms with Crippen LogP contribution in [-0.2, 0) is 38.4 Å². The van der Waals surface area contributed by atoms with E-state index in [1.807, 2.05) is 54.7 Å². The number of hydrogen-bond acceptors (Lipinski definition) is 6. The number of carbonyl (C=O) groups is 4. The minimum absolute atomic E-state index is 0.0552. The van der Waals surface area contributed by atoms with Gasteiger partial charge in [0.2, 0.25) is 17.7 Å². The van der Waals surface area contributed by atoms with E-state index in [9.17, 15) is 29.4 Å². The Bertz CT molecular complexity index is 1950. The second-order valence-corrected chi connectivity index (χ2v) is 12.3. The first-order valence-corrected chi connectivity index (χ1v) is 16.0. The molecule has 3 amide bonds. The molecule has 4 unspecified atom stereocenters. The molecule has 1 fully saturated rings. The highest BCUT2D eigenvalue weighted by atomic mass is 16.4. The highest BCUT2D eigenvalue weighted by molar-refractivity contribution is 5.95. The molecule has 8 N–H and O–H groups in total. The van der Waals surface area contributed by atoms with Gasteiger partial charge in [0.15, 0.2) is 0 Å². The van der Waals surface area contributed by atoms with E-state index in [2.05, 4.69) is 20.6 Å². The lowest BCUT2D eigenvalue weighted by molar-refractivity contribution is -0.144. The fourth-order valence-electron chi connectivity index (χ4n) is 6.47. The van der Waals surface area contributed by atoms with Crippen LogP contribution in [0.25, 0.3) is 21.8 Å². The van der Waals surface area contributed by atoms with Crippen LogP contribution < -0.4 is 16.4 Å². The number of amides is 3. The van der Waals surface area contributed by atoms with Crippen molar-refractivity contribution < 1.29 is 29.4 Å². The summed E-state index contributed by atoms with van der Waals surface area (Å²) in [7, 11) is 0. The molecule has 6 rings (SSSR count). The Labute approximate surface area is 276 Å². The molecule has 0 saturated carbocycles. The predicted octanol–water partition coefficient (Wildman–Crippen LogP) is 2.76. The van der Waals surface area contributed by atoms with Gasteiger partial charge >= 0.3 is 5.97 Å². The van der Waals surface area contributed by atoms with Crippen molar-refractivity contribution in [3.8, 4) is 5.75 Å². The van der Waals surface area contributed by atoms with Gasteiger partial charge in [0, 0.05) is 53.6 Å². The van der Waals surface area contributed by atoms with Crippen LogP contribution in [0.3, 0.4) is 0 Å². The summed E-state index contributed by atoms with van der Waals surface area (Å²) in [6, 6.07) is 17.3. The summed E-state index contributed by atoms with van der Waals surface area (Å²) < 4.78 is 0. The van der Waals surface area contributed by atoms with Crippen molar-refractivity contribution in [3.63, 3.8) is 0 Å². The first-order chi connectivity index (χ1) is 23.2. The molecule has 0 spiro atoms. The maximum atomic E-state index is 14.1. The fourth-order valence-corrected chi connectivity index (χ4v) is 6.47. The van der Waals surface area contributed by atoms with Crippen molar-refractivity contribution in [2.45, 2.75) is 56.3 Å². The van der Waals surface area contributed by atoms with Gasteiger partial charge in [-0.05, 0) is 60.2 Å². The quantitative estimate of drug-likeness (QED) is 0.108. The lowest BCUT2D eigenvalue weighted by Crippen LogP contribution is -2.57. The number of rotatable bonds is 12. The average Bonchev–Trinajstić information content (AvgIpc) is 3.84. The summed E-state index contributed by atoms with van der Waals surface area (Å²) in [4.78, 5) is 61.1. The van der Waals surface area contributed by atoms with E-state index in [4.69, 9.17) is 5.73 Å². The summed E-state index contributed by atoms with van der Waals surface area (Å²) >= 11 is 0. The van der Waals surface area contributed by atoms with Crippen molar-refractivity contribution in [2.75, 3.05) is 6.54 Å². The fraction of sp³-hybridized carbons (Fsp3) is 0.278.